The Morgan fingerprint density at radius 2 is 1.60 bits per heavy atom. The highest BCUT2D eigenvalue weighted by molar-refractivity contribution is 7.15. The van der Waals surface area contributed by atoms with Gasteiger partial charge >= 0.3 is 0 Å². The number of carbonyl (C=O) groups is 4. The maximum Gasteiger partial charge on any atom is 0.252 e. The van der Waals surface area contributed by atoms with Gasteiger partial charge in [-0.15, -0.1) is 32.9 Å². The van der Waals surface area contributed by atoms with Crippen LogP contribution in [0.3, 0.4) is 0 Å². The molecule has 4 amide bonds. The lowest BCUT2D eigenvalue weighted by Crippen LogP contribution is -2.57. The van der Waals surface area contributed by atoms with E-state index in [-0.39, 0.29) is 36.4 Å². The van der Waals surface area contributed by atoms with Gasteiger partial charge in [-0.2, -0.15) is 0 Å². The zero-order valence-corrected chi connectivity index (χ0v) is 41.5. The Kier molecular flexibility index (Phi) is 13.4. The van der Waals surface area contributed by atoms with Gasteiger partial charge in [0.2, 0.25) is 17.7 Å². The predicted molar refractivity (Wildman–Crippen MR) is 263 cm³/mol. The van der Waals surface area contributed by atoms with Crippen molar-refractivity contribution in [2.45, 2.75) is 98.5 Å². The minimum atomic E-state index is -1.12. The van der Waals surface area contributed by atoms with Gasteiger partial charge in [0, 0.05) is 54.2 Å². The van der Waals surface area contributed by atoms with Gasteiger partial charge in [0.05, 0.1) is 40.4 Å². The van der Waals surface area contributed by atoms with E-state index < -0.39 is 59.2 Å². The first-order valence-corrected chi connectivity index (χ1v) is 24.2. The maximum absolute atomic E-state index is 16.1. The summed E-state index contributed by atoms with van der Waals surface area (Å²) in [6, 6.07) is 16.3. The van der Waals surface area contributed by atoms with Crippen LogP contribution in [-0.2, 0) is 14.4 Å². The number of aryl methyl sites for hydroxylation is 3. The van der Waals surface area contributed by atoms with Crippen molar-refractivity contribution in [2.24, 2.45) is 10.4 Å². The SMILES string of the molecule is Cc1ncsc1-c1ccc(C(C)NC(=O)[C@@H]2C[C@@H](O)CN2C(=O)C(NC(=O)c2ccc(-c3ccc(C4=N[C@@H](CC(=O)N(C)C)c5nnc(C)n5-c5sc(C)c(C)c54)cc3)c(F)c2)C(C)(C)C)cc1. The normalized spacial score (nSPS) is 17.7. The molecule has 2 aliphatic rings. The number of benzene rings is 3. The van der Waals surface area contributed by atoms with Gasteiger partial charge < -0.3 is 25.5 Å². The molecule has 3 aromatic carbocycles. The molecule has 0 radical (unpaired) electrons. The molecule has 8 rings (SSSR count). The molecule has 2 aliphatic heterocycles. The minimum Gasteiger partial charge on any atom is -0.391 e. The monoisotopic (exact) mass is 957 g/mol. The Hall–Kier alpha value is -6.43. The number of nitrogens with one attached hydrogen (secondary N) is 2. The summed E-state index contributed by atoms with van der Waals surface area (Å²) in [5, 5.41) is 26.4. The number of likely N-dealkylation sites (tertiary alicyclic amines) is 1. The number of carbonyl (C=O) groups excluding carboxylic acids is 4. The molecular weight excluding hydrogens is 902 g/mol. The molecule has 0 spiro atoms. The van der Waals surface area contributed by atoms with Crippen LogP contribution in [0.1, 0.15) is 107 Å². The molecule has 3 N–H and O–H groups in total. The number of β-amino-alcohol motifs (C(OH)–C–C–N with tert-alkyl or cyclic N) is 1. The third kappa shape index (κ3) is 9.38. The van der Waals surface area contributed by atoms with E-state index in [4.69, 9.17) is 4.99 Å². The fourth-order valence-electron chi connectivity index (χ4n) is 8.80. The molecule has 0 aliphatic carbocycles. The number of aromatic nitrogens is 4. The van der Waals surface area contributed by atoms with Crippen LogP contribution >= 0.6 is 22.7 Å². The largest absolute Gasteiger partial charge is 0.391 e. The molecule has 0 bridgehead atoms. The number of nitrogens with zero attached hydrogens (tertiary/aromatic N) is 7. The fourth-order valence-corrected chi connectivity index (χ4v) is 10.8. The number of aliphatic hydroxyl groups is 1. The van der Waals surface area contributed by atoms with Crippen molar-refractivity contribution in [1.82, 2.24) is 40.2 Å². The van der Waals surface area contributed by atoms with E-state index >= 15 is 4.39 Å². The first-order chi connectivity index (χ1) is 32.2. The number of halogens is 1. The minimum absolute atomic E-state index is 0.00951. The lowest BCUT2D eigenvalue weighted by molar-refractivity contribution is -0.142. The van der Waals surface area contributed by atoms with Gasteiger partial charge in [-0.3, -0.25) is 28.7 Å². The number of hydrogen-bond donors (Lipinski definition) is 3. The van der Waals surface area contributed by atoms with Crippen LogP contribution in [0.2, 0.25) is 0 Å². The van der Waals surface area contributed by atoms with Gasteiger partial charge in [-0.05, 0) is 74.4 Å². The number of thiazole rings is 1. The number of hydrogen-bond acceptors (Lipinski definition) is 11. The molecule has 17 heteroatoms. The van der Waals surface area contributed by atoms with Crippen molar-refractivity contribution in [3.63, 3.8) is 0 Å². The Morgan fingerprint density at radius 1 is 0.926 bits per heavy atom. The quantitative estimate of drug-likeness (QED) is 0.118. The topological polar surface area (TPSA) is 175 Å². The Bertz CT molecular complexity index is 2950. The number of fused-ring (bicyclic) bond motifs is 3. The second-order valence-corrected chi connectivity index (χ2v) is 21.0. The van der Waals surface area contributed by atoms with E-state index in [1.807, 2.05) is 68.7 Å². The Balaban J connectivity index is 0.986. The van der Waals surface area contributed by atoms with E-state index in [1.165, 1.54) is 21.9 Å². The third-order valence-corrected chi connectivity index (χ3v) is 15.0. The molecule has 354 valence electrons. The molecule has 5 heterocycles. The summed E-state index contributed by atoms with van der Waals surface area (Å²) in [5.41, 5.74) is 8.11. The van der Waals surface area contributed by atoms with Crippen LogP contribution in [0.4, 0.5) is 4.39 Å². The lowest BCUT2D eigenvalue weighted by atomic mass is 9.85. The standard InChI is InChI=1S/C51H56FN9O5S2/c1-26-29(4)68-50-42(26)43(55-39(23-41(63)59(9)10)46-58-57-30(5)61(46)50)33-15-13-32(14-16-33)37-20-19-35(21-38(37)52)47(64)56-45(51(6,7)8)49(66)60-24-36(62)22-40(60)48(65)54-27(2)31-11-17-34(18-12-31)44-28(3)53-25-67-44/h11-21,25,27,36,39-40,45,62H,22-24H2,1-10H3,(H,54,65)(H,56,64)/t27?,36-,39+,40+,45?/m1/s1. The number of rotatable bonds is 11. The summed E-state index contributed by atoms with van der Waals surface area (Å²) >= 11 is 3.17. The van der Waals surface area contributed by atoms with Gasteiger partial charge in [-0.1, -0.05) is 75.4 Å². The fraction of sp³-hybridized carbons (Fsp3) is 0.373. The summed E-state index contributed by atoms with van der Waals surface area (Å²) < 4.78 is 18.1. The van der Waals surface area contributed by atoms with Crippen LogP contribution < -0.4 is 10.6 Å². The summed E-state index contributed by atoms with van der Waals surface area (Å²) in [4.78, 5) is 69.7. The number of aliphatic imine (C=N–C) groups is 1. The van der Waals surface area contributed by atoms with Crippen molar-refractivity contribution in [1.29, 1.82) is 0 Å². The zero-order valence-electron chi connectivity index (χ0n) is 39.8. The molecule has 2 unspecified atom stereocenters. The molecule has 1 fully saturated rings. The summed E-state index contributed by atoms with van der Waals surface area (Å²) in [5.74, 6) is -1.07. The average Bonchev–Trinajstić information content (AvgIpc) is 4.07. The van der Waals surface area contributed by atoms with E-state index in [0.717, 1.165) is 54.3 Å². The van der Waals surface area contributed by atoms with Gasteiger partial charge in [0.25, 0.3) is 5.91 Å². The summed E-state index contributed by atoms with van der Waals surface area (Å²) in [6.07, 6.45) is -0.807. The molecule has 1 saturated heterocycles. The molecular formula is C51H56FN9O5S2. The summed E-state index contributed by atoms with van der Waals surface area (Å²) in [6.45, 7) is 15.1. The van der Waals surface area contributed by atoms with Gasteiger partial charge in [-0.25, -0.2) is 9.37 Å². The van der Waals surface area contributed by atoms with Crippen molar-refractivity contribution >= 4 is 52.0 Å². The number of amides is 4. The number of thiophene rings is 1. The molecule has 6 aromatic rings. The third-order valence-electron chi connectivity index (χ3n) is 12.8. The van der Waals surface area contributed by atoms with E-state index in [2.05, 4.69) is 32.7 Å². The highest BCUT2D eigenvalue weighted by Gasteiger charge is 2.45. The average molecular weight is 958 g/mol. The number of aliphatic hydroxyl groups excluding tert-OH is 1. The van der Waals surface area contributed by atoms with Crippen LogP contribution in [0, 0.1) is 38.9 Å². The van der Waals surface area contributed by atoms with Crippen molar-refractivity contribution < 1.29 is 28.7 Å². The van der Waals surface area contributed by atoms with Crippen LogP contribution in [0.25, 0.3) is 26.6 Å². The first kappa shape index (κ1) is 48.0. The van der Waals surface area contributed by atoms with E-state index in [0.29, 0.717) is 22.9 Å². The second-order valence-electron chi connectivity index (χ2n) is 18.9. The first-order valence-electron chi connectivity index (χ1n) is 22.5. The van der Waals surface area contributed by atoms with Gasteiger partial charge in [0.15, 0.2) is 5.82 Å². The lowest BCUT2D eigenvalue weighted by Gasteiger charge is -2.35. The highest BCUT2D eigenvalue weighted by Crippen LogP contribution is 2.40. The van der Waals surface area contributed by atoms with Crippen molar-refractivity contribution in [3.05, 3.63) is 128 Å². The van der Waals surface area contributed by atoms with E-state index in [9.17, 15) is 24.3 Å². The molecule has 0 saturated carbocycles. The highest BCUT2D eigenvalue weighted by atomic mass is 32.1. The summed E-state index contributed by atoms with van der Waals surface area (Å²) in [7, 11) is 3.42. The molecule has 3 aromatic heterocycles. The van der Waals surface area contributed by atoms with Crippen LogP contribution in [-0.4, -0.2) is 103 Å². The van der Waals surface area contributed by atoms with Gasteiger partial charge in [0.1, 0.15) is 34.8 Å². The van der Waals surface area contributed by atoms with Crippen LogP contribution in [0.5, 0.6) is 0 Å². The van der Waals surface area contributed by atoms with E-state index in [1.54, 1.807) is 75.2 Å². The Labute approximate surface area is 403 Å². The molecule has 68 heavy (non-hydrogen) atoms. The molecule has 5 atom stereocenters. The zero-order chi connectivity index (χ0) is 48.9. The van der Waals surface area contributed by atoms with Crippen molar-refractivity contribution in [3.8, 4) is 26.6 Å². The second kappa shape index (κ2) is 18.9. The maximum atomic E-state index is 16.1. The van der Waals surface area contributed by atoms with Crippen LogP contribution in [0.15, 0.2) is 77.2 Å². The Morgan fingerprint density at radius 3 is 2.24 bits per heavy atom. The predicted octanol–water partition coefficient (Wildman–Crippen LogP) is 7.85. The molecule has 14 nitrogen and oxygen atoms in total. The smallest absolute Gasteiger partial charge is 0.252 e. The van der Waals surface area contributed by atoms with Crippen molar-refractivity contribution in [2.75, 3.05) is 20.6 Å².